The number of carbonyl (C=O) groups is 1. The van der Waals surface area contributed by atoms with E-state index in [9.17, 15) is 4.79 Å². The zero-order valence-corrected chi connectivity index (χ0v) is 18.5. The molecule has 30 heavy (non-hydrogen) atoms. The molecular weight excluding hydrogens is 400 g/mol. The Morgan fingerprint density at radius 1 is 1.10 bits per heavy atom. The number of nitrogens with one attached hydrogen (secondary N) is 1. The minimum Gasteiger partial charge on any atom is -0.497 e. The molecule has 1 heterocycles. The Morgan fingerprint density at radius 2 is 1.97 bits per heavy atom. The summed E-state index contributed by atoms with van der Waals surface area (Å²) >= 11 is 1.44. The van der Waals surface area contributed by atoms with E-state index in [1.165, 1.54) is 11.3 Å². The van der Waals surface area contributed by atoms with Gasteiger partial charge in [0.1, 0.15) is 5.75 Å². The number of benzene rings is 2. The molecule has 6 nitrogen and oxygen atoms in total. The number of hydrogen-bond acceptors (Lipinski definition) is 6. The normalized spacial score (nSPS) is 10.8. The summed E-state index contributed by atoms with van der Waals surface area (Å²) in [4.78, 5) is 16.9. The molecule has 1 N–H and O–H groups in total. The van der Waals surface area contributed by atoms with Gasteiger partial charge in [-0.15, -0.1) is 0 Å². The van der Waals surface area contributed by atoms with Crippen LogP contribution in [-0.4, -0.2) is 31.2 Å². The van der Waals surface area contributed by atoms with Crippen LogP contribution in [0.15, 0.2) is 36.4 Å². The van der Waals surface area contributed by atoms with Gasteiger partial charge in [0.15, 0.2) is 16.6 Å². The third kappa shape index (κ3) is 5.86. The van der Waals surface area contributed by atoms with Gasteiger partial charge in [0, 0.05) is 6.42 Å². The first-order valence-corrected chi connectivity index (χ1v) is 11.1. The predicted octanol–water partition coefficient (Wildman–Crippen LogP) is 5.45. The molecule has 3 aromatic rings. The molecule has 0 aliphatic heterocycles. The van der Waals surface area contributed by atoms with Gasteiger partial charge in [-0.25, -0.2) is 4.98 Å². The zero-order valence-electron chi connectivity index (χ0n) is 17.7. The van der Waals surface area contributed by atoms with Crippen LogP contribution in [0.1, 0.15) is 38.7 Å². The topological polar surface area (TPSA) is 69.7 Å². The van der Waals surface area contributed by atoms with Crippen LogP contribution in [-0.2, 0) is 11.2 Å². The van der Waals surface area contributed by atoms with Crippen LogP contribution >= 0.6 is 11.3 Å². The number of unbranched alkanes of at least 4 members (excludes halogenated alkanes) is 1. The zero-order chi connectivity index (χ0) is 21.3. The van der Waals surface area contributed by atoms with Gasteiger partial charge in [-0.3, -0.25) is 4.79 Å². The molecule has 0 radical (unpaired) electrons. The van der Waals surface area contributed by atoms with E-state index in [1.807, 2.05) is 43.3 Å². The van der Waals surface area contributed by atoms with E-state index >= 15 is 0 Å². The Balaban J connectivity index is 1.59. The van der Waals surface area contributed by atoms with Crippen molar-refractivity contribution in [2.75, 3.05) is 25.6 Å². The second-order valence-corrected chi connectivity index (χ2v) is 7.85. The first-order valence-electron chi connectivity index (χ1n) is 10.3. The highest BCUT2D eigenvalue weighted by Crippen LogP contribution is 2.30. The summed E-state index contributed by atoms with van der Waals surface area (Å²) in [5, 5.41) is 3.49. The number of carbonyl (C=O) groups excluding carboxylic acids is 1. The number of thiazole rings is 1. The summed E-state index contributed by atoms with van der Waals surface area (Å²) in [5.41, 5.74) is 1.88. The van der Waals surface area contributed by atoms with Crippen molar-refractivity contribution in [1.82, 2.24) is 4.98 Å². The Kier molecular flexibility index (Phi) is 7.90. The molecule has 0 bridgehead atoms. The first kappa shape index (κ1) is 21.9. The Bertz CT molecular complexity index is 986. The number of nitrogens with zero attached hydrogens (tertiary/aromatic N) is 1. The van der Waals surface area contributed by atoms with Gasteiger partial charge in [0.05, 0.1) is 30.5 Å². The minimum atomic E-state index is -0.0674. The molecule has 160 valence electrons. The van der Waals surface area contributed by atoms with Crippen LogP contribution in [0.25, 0.3) is 10.2 Å². The summed E-state index contributed by atoms with van der Waals surface area (Å²) in [6.45, 7) is 5.32. The lowest BCUT2D eigenvalue weighted by molar-refractivity contribution is -0.116. The van der Waals surface area contributed by atoms with E-state index in [2.05, 4.69) is 17.2 Å². The monoisotopic (exact) mass is 428 g/mol. The number of anilines is 1. The average Bonchev–Trinajstić information content (AvgIpc) is 3.15. The number of hydrogen-bond donors (Lipinski definition) is 1. The van der Waals surface area contributed by atoms with Gasteiger partial charge in [0.2, 0.25) is 5.91 Å². The van der Waals surface area contributed by atoms with Crippen LogP contribution in [0.3, 0.4) is 0 Å². The number of ether oxygens (including phenoxy) is 3. The van der Waals surface area contributed by atoms with Crippen molar-refractivity contribution in [3.63, 3.8) is 0 Å². The van der Waals surface area contributed by atoms with Crippen LogP contribution in [0.4, 0.5) is 5.13 Å². The van der Waals surface area contributed by atoms with Gasteiger partial charge in [-0.2, -0.15) is 0 Å². The molecule has 7 heteroatoms. The van der Waals surface area contributed by atoms with Gasteiger partial charge in [-0.05, 0) is 55.7 Å². The summed E-state index contributed by atoms with van der Waals surface area (Å²) in [6, 6.07) is 11.5. The van der Waals surface area contributed by atoms with E-state index in [4.69, 9.17) is 14.2 Å². The van der Waals surface area contributed by atoms with Gasteiger partial charge in [0.25, 0.3) is 0 Å². The Morgan fingerprint density at radius 3 is 2.73 bits per heavy atom. The fourth-order valence-corrected chi connectivity index (χ4v) is 3.86. The lowest BCUT2D eigenvalue weighted by atomic mass is 10.1. The van der Waals surface area contributed by atoms with Crippen LogP contribution < -0.4 is 19.5 Å². The number of amides is 1. The largest absolute Gasteiger partial charge is 0.497 e. The average molecular weight is 429 g/mol. The highest BCUT2D eigenvalue weighted by atomic mass is 32.1. The molecular formula is C23H28N2O4S. The molecule has 1 aromatic heterocycles. The molecule has 0 saturated carbocycles. The third-order valence-electron chi connectivity index (χ3n) is 4.55. The van der Waals surface area contributed by atoms with E-state index < -0.39 is 0 Å². The van der Waals surface area contributed by atoms with Gasteiger partial charge < -0.3 is 19.5 Å². The molecule has 1 amide bonds. The SMILES string of the molecule is CCCCOc1ccc(CCC(=O)Nc2nc3ccc(OC)cc3s2)cc1OCC. The summed E-state index contributed by atoms with van der Waals surface area (Å²) < 4.78 is 17.7. The number of fused-ring (bicyclic) bond motifs is 1. The molecule has 0 aliphatic carbocycles. The molecule has 0 aliphatic rings. The molecule has 0 atom stereocenters. The number of aryl methyl sites for hydroxylation is 1. The van der Waals surface area contributed by atoms with Crippen molar-refractivity contribution in [2.24, 2.45) is 0 Å². The fraction of sp³-hybridized carbons (Fsp3) is 0.391. The second kappa shape index (κ2) is 10.8. The van der Waals surface area contributed by atoms with Crippen molar-refractivity contribution >= 4 is 32.6 Å². The van der Waals surface area contributed by atoms with Crippen molar-refractivity contribution in [3.8, 4) is 17.2 Å². The lowest BCUT2D eigenvalue weighted by Gasteiger charge is -2.13. The molecule has 0 spiro atoms. The van der Waals surface area contributed by atoms with Crippen LogP contribution in [0.5, 0.6) is 17.2 Å². The molecule has 2 aromatic carbocycles. The van der Waals surface area contributed by atoms with Crippen LogP contribution in [0, 0.1) is 0 Å². The van der Waals surface area contributed by atoms with E-state index in [-0.39, 0.29) is 5.91 Å². The molecule has 0 unspecified atom stereocenters. The summed E-state index contributed by atoms with van der Waals surface area (Å²) in [6.07, 6.45) is 3.06. The van der Waals surface area contributed by atoms with Crippen molar-refractivity contribution < 1.29 is 19.0 Å². The number of rotatable bonds is 11. The molecule has 3 rings (SSSR count). The van der Waals surface area contributed by atoms with Crippen molar-refractivity contribution in [3.05, 3.63) is 42.0 Å². The van der Waals surface area contributed by atoms with Gasteiger partial charge in [-0.1, -0.05) is 30.7 Å². The van der Waals surface area contributed by atoms with Crippen molar-refractivity contribution in [2.45, 2.75) is 39.5 Å². The third-order valence-corrected chi connectivity index (χ3v) is 5.48. The quantitative estimate of drug-likeness (QED) is 0.411. The lowest BCUT2D eigenvalue weighted by Crippen LogP contribution is -2.12. The molecule has 0 saturated heterocycles. The maximum atomic E-state index is 12.4. The predicted molar refractivity (Wildman–Crippen MR) is 121 cm³/mol. The number of aromatic nitrogens is 1. The maximum Gasteiger partial charge on any atom is 0.226 e. The van der Waals surface area contributed by atoms with Gasteiger partial charge >= 0.3 is 0 Å². The minimum absolute atomic E-state index is 0.0674. The maximum absolute atomic E-state index is 12.4. The van der Waals surface area contributed by atoms with Crippen molar-refractivity contribution in [1.29, 1.82) is 0 Å². The summed E-state index contributed by atoms with van der Waals surface area (Å²) in [7, 11) is 1.63. The van der Waals surface area contributed by atoms with E-state index in [1.54, 1.807) is 7.11 Å². The first-order chi connectivity index (χ1) is 14.6. The Labute approximate surface area is 181 Å². The fourth-order valence-electron chi connectivity index (χ4n) is 2.95. The van der Waals surface area contributed by atoms with E-state index in [0.29, 0.717) is 31.2 Å². The molecule has 0 fully saturated rings. The second-order valence-electron chi connectivity index (χ2n) is 6.82. The highest BCUT2D eigenvalue weighted by Gasteiger charge is 2.11. The number of methoxy groups -OCH3 is 1. The van der Waals surface area contributed by atoms with E-state index in [0.717, 1.165) is 45.9 Å². The highest BCUT2D eigenvalue weighted by molar-refractivity contribution is 7.22. The smallest absolute Gasteiger partial charge is 0.226 e. The van der Waals surface area contributed by atoms with Crippen LogP contribution in [0.2, 0.25) is 0 Å². The standard InChI is InChI=1S/C23H28N2O4S/c1-4-6-13-29-19-11-7-16(14-20(19)28-5-2)8-12-22(26)25-23-24-18-10-9-17(27-3)15-21(18)30-23/h7,9-11,14-15H,4-6,8,12-13H2,1-3H3,(H,24,25,26). The Hall–Kier alpha value is -2.80. The summed E-state index contributed by atoms with van der Waals surface area (Å²) in [5.74, 6) is 2.19.